The number of carbonyl (C=O) groups excluding carboxylic acids is 2. The lowest BCUT2D eigenvalue weighted by Gasteiger charge is -2.13. The van der Waals surface area contributed by atoms with Gasteiger partial charge in [0.1, 0.15) is 11.4 Å². The highest BCUT2D eigenvalue weighted by molar-refractivity contribution is 6.17. The number of β-amino-alcohol motifs (C(OH)–C–C–N with tert-alkyl or cyclic N) is 1. The summed E-state index contributed by atoms with van der Waals surface area (Å²) in [6, 6.07) is 10.9. The molecule has 0 aliphatic carbocycles. The molecule has 0 spiro atoms. The first-order valence-electron chi connectivity index (χ1n) is 9.12. The zero-order chi connectivity index (χ0) is 22.1. The van der Waals surface area contributed by atoms with Gasteiger partial charge in [-0.1, -0.05) is 24.3 Å². The van der Waals surface area contributed by atoms with Crippen LogP contribution >= 0.6 is 0 Å². The number of aromatic nitrogens is 2. The van der Waals surface area contributed by atoms with Gasteiger partial charge in [0.2, 0.25) is 0 Å². The normalized spacial score (nSPS) is 13.6. The number of nitro groups is 1. The molecule has 0 saturated heterocycles. The SMILES string of the molecule is O=C1C=C(Nc2ccc(-c3n[nH]c(=O)c4ccccc34)cc2[N+](=O)[O-])C(=O)N1CCO. The fraction of sp³-hybridized carbons (Fsp3) is 0.100. The van der Waals surface area contributed by atoms with E-state index in [0.29, 0.717) is 22.0 Å². The molecule has 0 fully saturated rings. The quantitative estimate of drug-likeness (QED) is 0.304. The molecule has 31 heavy (non-hydrogen) atoms. The van der Waals surface area contributed by atoms with Crippen LogP contribution in [0.3, 0.4) is 0 Å². The third-order valence-corrected chi connectivity index (χ3v) is 4.77. The number of anilines is 1. The number of aliphatic hydroxyl groups is 1. The Bertz CT molecular complexity index is 1330. The molecule has 1 aliphatic rings. The van der Waals surface area contributed by atoms with Gasteiger partial charge in [-0.15, -0.1) is 0 Å². The summed E-state index contributed by atoms with van der Waals surface area (Å²) in [5.41, 5.74) is -0.130. The Morgan fingerprint density at radius 3 is 2.58 bits per heavy atom. The number of rotatable bonds is 6. The Balaban J connectivity index is 1.74. The van der Waals surface area contributed by atoms with E-state index >= 15 is 0 Å². The van der Waals surface area contributed by atoms with Crippen molar-refractivity contribution in [2.45, 2.75) is 0 Å². The van der Waals surface area contributed by atoms with E-state index in [-0.39, 0.29) is 29.2 Å². The molecule has 4 rings (SSSR count). The van der Waals surface area contributed by atoms with E-state index < -0.39 is 23.3 Å². The minimum Gasteiger partial charge on any atom is -0.395 e. The van der Waals surface area contributed by atoms with Crippen LogP contribution in [0.25, 0.3) is 22.0 Å². The number of nitrogens with zero attached hydrogens (tertiary/aromatic N) is 3. The Morgan fingerprint density at radius 1 is 1.13 bits per heavy atom. The van der Waals surface area contributed by atoms with Crippen molar-refractivity contribution in [3.05, 3.63) is 74.7 Å². The van der Waals surface area contributed by atoms with Crippen molar-refractivity contribution in [1.82, 2.24) is 15.1 Å². The topological polar surface area (TPSA) is 159 Å². The van der Waals surface area contributed by atoms with Gasteiger partial charge in [0.15, 0.2) is 0 Å². The van der Waals surface area contributed by atoms with E-state index in [4.69, 9.17) is 5.11 Å². The number of nitro benzene ring substituents is 1. The van der Waals surface area contributed by atoms with Gasteiger partial charge < -0.3 is 10.4 Å². The molecule has 1 aliphatic heterocycles. The van der Waals surface area contributed by atoms with Crippen molar-refractivity contribution in [1.29, 1.82) is 0 Å². The lowest BCUT2D eigenvalue weighted by Crippen LogP contribution is -2.34. The van der Waals surface area contributed by atoms with Gasteiger partial charge in [0.25, 0.3) is 23.1 Å². The average Bonchev–Trinajstić information content (AvgIpc) is 3.02. The van der Waals surface area contributed by atoms with Gasteiger partial charge in [0.05, 0.1) is 29.2 Å². The maximum absolute atomic E-state index is 12.3. The molecule has 11 nitrogen and oxygen atoms in total. The third-order valence-electron chi connectivity index (χ3n) is 4.77. The molecule has 3 N–H and O–H groups in total. The van der Waals surface area contributed by atoms with Crippen molar-refractivity contribution in [3.63, 3.8) is 0 Å². The van der Waals surface area contributed by atoms with Gasteiger partial charge >= 0.3 is 0 Å². The number of carbonyl (C=O) groups is 2. The number of benzene rings is 2. The molecule has 11 heteroatoms. The fourth-order valence-corrected chi connectivity index (χ4v) is 3.33. The molecule has 2 aromatic carbocycles. The van der Waals surface area contributed by atoms with Crippen molar-refractivity contribution in [2.75, 3.05) is 18.5 Å². The highest BCUT2D eigenvalue weighted by Crippen LogP contribution is 2.33. The number of nitrogens with one attached hydrogen (secondary N) is 2. The maximum atomic E-state index is 12.3. The van der Waals surface area contributed by atoms with E-state index in [1.165, 1.54) is 12.1 Å². The molecule has 2 heterocycles. The molecule has 0 unspecified atom stereocenters. The summed E-state index contributed by atoms with van der Waals surface area (Å²) in [6.45, 7) is -0.571. The molecule has 0 saturated carbocycles. The predicted octanol–water partition coefficient (Wildman–Crippen LogP) is 1.16. The molecule has 3 aromatic rings. The monoisotopic (exact) mass is 421 g/mol. The van der Waals surface area contributed by atoms with Crippen LogP contribution in [0, 0.1) is 10.1 Å². The second kappa shape index (κ2) is 7.80. The van der Waals surface area contributed by atoms with Crippen LogP contribution in [0.1, 0.15) is 0 Å². The standard InChI is InChI=1S/C20H15N5O6/c26-8-7-24-17(27)10-15(20(24)29)21-14-6-5-11(9-16(14)25(30)31)18-12-3-1-2-4-13(12)19(28)23-22-18/h1-6,9-10,21,26H,7-8H2,(H,23,28). The lowest BCUT2D eigenvalue weighted by atomic mass is 10.0. The molecule has 2 amide bonds. The Hall–Kier alpha value is -4.38. The summed E-state index contributed by atoms with van der Waals surface area (Å²) in [5.74, 6) is -1.31. The zero-order valence-electron chi connectivity index (χ0n) is 15.9. The van der Waals surface area contributed by atoms with Crippen LogP contribution in [0.2, 0.25) is 0 Å². The number of amides is 2. The molecule has 0 radical (unpaired) electrons. The van der Waals surface area contributed by atoms with Crippen LogP contribution in [-0.2, 0) is 9.59 Å². The van der Waals surface area contributed by atoms with Crippen LogP contribution in [-0.4, -0.2) is 50.1 Å². The first-order valence-corrected chi connectivity index (χ1v) is 9.12. The number of H-pyrrole nitrogens is 1. The van der Waals surface area contributed by atoms with Gasteiger partial charge in [-0.2, -0.15) is 5.10 Å². The van der Waals surface area contributed by atoms with Crippen molar-refractivity contribution in [2.24, 2.45) is 0 Å². The first-order chi connectivity index (χ1) is 14.9. The number of hydrogen-bond acceptors (Lipinski definition) is 8. The molecule has 156 valence electrons. The summed E-state index contributed by atoms with van der Waals surface area (Å²) in [6.07, 6.45) is 1.02. The highest BCUT2D eigenvalue weighted by Gasteiger charge is 2.32. The smallest absolute Gasteiger partial charge is 0.293 e. The molecule has 0 atom stereocenters. The van der Waals surface area contributed by atoms with Gasteiger partial charge in [-0.05, 0) is 12.1 Å². The highest BCUT2D eigenvalue weighted by atomic mass is 16.6. The van der Waals surface area contributed by atoms with E-state index in [0.717, 1.165) is 11.0 Å². The summed E-state index contributed by atoms with van der Waals surface area (Å²) in [5, 5.41) is 30.6. The number of imide groups is 1. The lowest BCUT2D eigenvalue weighted by molar-refractivity contribution is -0.383. The molecular formula is C20H15N5O6. The van der Waals surface area contributed by atoms with Crippen LogP contribution < -0.4 is 10.9 Å². The van der Waals surface area contributed by atoms with Gasteiger partial charge in [-0.3, -0.25) is 29.4 Å². The maximum Gasteiger partial charge on any atom is 0.293 e. The fourth-order valence-electron chi connectivity index (χ4n) is 3.33. The van der Waals surface area contributed by atoms with Gasteiger partial charge in [0, 0.05) is 23.1 Å². The average molecular weight is 421 g/mol. The van der Waals surface area contributed by atoms with Crippen molar-refractivity contribution >= 4 is 34.0 Å². The molecule has 0 bridgehead atoms. The van der Waals surface area contributed by atoms with E-state index in [2.05, 4.69) is 15.5 Å². The van der Waals surface area contributed by atoms with E-state index in [1.807, 2.05) is 0 Å². The number of hydrogen-bond donors (Lipinski definition) is 3. The van der Waals surface area contributed by atoms with E-state index in [1.54, 1.807) is 30.3 Å². The van der Waals surface area contributed by atoms with Crippen LogP contribution in [0.4, 0.5) is 11.4 Å². The van der Waals surface area contributed by atoms with E-state index in [9.17, 15) is 24.5 Å². The summed E-state index contributed by atoms with van der Waals surface area (Å²) in [7, 11) is 0. The van der Waals surface area contributed by atoms with Gasteiger partial charge in [-0.25, -0.2) is 5.10 Å². The van der Waals surface area contributed by atoms with Crippen molar-refractivity contribution < 1.29 is 19.6 Å². The minimum atomic E-state index is -0.689. The largest absolute Gasteiger partial charge is 0.395 e. The molecule has 1 aromatic heterocycles. The third kappa shape index (κ3) is 3.53. The second-order valence-corrected chi connectivity index (χ2v) is 6.64. The number of aromatic amines is 1. The Kier molecular flexibility index (Phi) is 5.01. The summed E-state index contributed by atoms with van der Waals surface area (Å²) >= 11 is 0. The van der Waals surface area contributed by atoms with Crippen LogP contribution in [0.15, 0.2) is 59.0 Å². The summed E-state index contributed by atoms with van der Waals surface area (Å²) in [4.78, 5) is 48.1. The number of fused-ring (bicyclic) bond motifs is 1. The van der Waals surface area contributed by atoms with Crippen LogP contribution in [0.5, 0.6) is 0 Å². The predicted molar refractivity (Wildman–Crippen MR) is 110 cm³/mol. The minimum absolute atomic E-state index is 0.000675. The summed E-state index contributed by atoms with van der Waals surface area (Å²) < 4.78 is 0. The molecular weight excluding hydrogens is 406 g/mol. The Morgan fingerprint density at radius 2 is 1.87 bits per heavy atom. The zero-order valence-corrected chi connectivity index (χ0v) is 15.9. The number of aliphatic hydroxyl groups excluding tert-OH is 1. The Labute approximate surface area is 173 Å². The van der Waals surface area contributed by atoms with Crippen molar-refractivity contribution in [3.8, 4) is 11.3 Å². The second-order valence-electron chi connectivity index (χ2n) is 6.64. The first kappa shape index (κ1) is 19.9.